The first-order valence-corrected chi connectivity index (χ1v) is 9.69. The molecular formula is C22H23N3O6. The number of likely N-dealkylation sites (tertiary alicyclic amines) is 1. The first-order valence-electron chi connectivity index (χ1n) is 9.69. The highest BCUT2D eigenvalue weighted by Gasteiger charge is 2.39. The zero-order valence-corrected chi connectivity index (χ0v) is 16.9. The molecule has 2 atom stereocenters. The van der Waals surface area contributed by atoms with Crippen LogP contribution < -0.4 is 10.6 Å². The van der Waals surface area contributed by atoms with Gasteiger partial charge in [0.05, 0.1) is 19.2 Å². The summed E-state index contributed by atoms with van der Waals surface area (Å²) in [5, 5.41) is 14.5. The number of esters is 1. The number of hydrogen-bond donors (Lipinski definition) is 3. The van der Waals surface area contributed by atoms with E-state index in [9.17, 15) is 24.3 Å². The van der Waals surface area contributed by atoms with Gasteiger partial charge in [-0.05, 0) is 30.2 Å². The van der Waals surface area contributed by atoms with E-state index in [2.05, 4.69) is 15.4 Å². The topological polar surface area (TPSA) is 125 Å². The van der Waals surface area contributed by atoms with E-state index in [0.29, 0.717) is 12.1 Å². The van der Waals surface area contributed by atoms with Crippen molar-refractivity contribution in [1.82, 2.24) is 10.2 Å². The van der Waals surface area contributed by atoms with Gasteiger partial charge >= 0.3 is 18.0 Å². The van der Waals surface area contributed by atoms with Crippen molar-refractivity contribution in [3.8, 4) is 0 Å². The van der Waals surface area contributed by atoms with E-state index in [4.69, 9.17) is 0 Å². The number of amides is 3. The molecule has 2 aromatic carbocycles. The maximum absolute atomic E-state index is 12.6. The predicted octanol–water partition coefficient (Wildman–Crippen LogP) is 2.06. The molecule has 0 spiro atoms. The van der Waals surface area contributed by atoms with Gasteiger partial charge in [-0.1, -0.05) is 36.4 Å². The smallest absolute Gasteiger partial charge is 0.337 e. The number of aliphatic carboxylic acids is 1. The van der Waals surface area contributed by atoms with Crippen molar-refractivity contribution in [1.29, 1.82) is 0 Å². The van der Waals surface area contributed by atoms with Crippen molar-refractivity contribution >= 4 is 29.6 Å². The summed E-state index contributed by atoms with van der Waals surface area (Å²) < 4.78 is 4.64. The number of carboxylic acids is 1. The number of methoxy groups -OCH3 is 1. The Hall–Kier alpha value is -3.88. The van der Waals surface area contributed by atoms with E-state index in [0.717, 1.165) is 5.56 Å². The van der Waals surface area contributed by atoms with Crippen molar-refractivity contribution < 1.29 is 29.0 Å². The molecule has 1 heterocycles. The number of carbonyl (C=O) groups is 4. The lowest BCUT2D eigenvalue weighted by atomic mass is 9.96. The third-order valence-electron chi connectivity index (χ3n) is 5.12. The molecular weight excluding hydrogens is 402 g/mol. The van der Waals surface area contributed by atoms with Crippen LogP contribution in [-0.4, -0.2) is 60.1 Å². The molecule has 1 saturated heterocycles. The second-order valence-corrected chi connectivity index (χ2v) is 7.12. The second kappa shape index (κ2) is 9.75. The lowest BCUT2D eigenvalue weighted by Crippen LogP contribution is -2.46. The molecule has 1 aliphatic rings. The highest BCUT2D eigenvalue weighted by Crippen LogP contribution is 2.31. The molecule has 9 nitrogen and oxygen atoms in total. The van der Waals surface area contributed by atoms with Crippen LogP contribution in [0.1, 0.15) is 28.3 Å². The lowest BCUT2D eigenvalue weighted by Gasteiger charge is -2.21. The molecule has 3 amide bonds. The number of nitrogens with zero attached hydrogens (tertiary/aromatic N) is 1. The molecule has 3 N–H and O–H groups in total. The molecule has 162 valence electrons. The quantitative estimate of drug-likeness (QED) is 0.609. The van der Waals surface area contributed by atoms with Crippen LogP contribution in [0.15, 0.2) is 54.6 Å². The van der Waals surface area contributed by atoms with Gasteiger partial charge in [0, 0.05) is 18.2 Å². The SMILES string of the molecule is COC(=O)c1cccc(NC(=O)NCC(=O)N2C[C@H](c3ccccc3)C[C@H]2C(=O)O)c1. The van der Waals surface area contributed by atoms with Crippen molar-refractivity contribution in [3.05, 3.63) is 65.7 Å². The van der Waals surface area contributed by atoms with Gasteiger partial charge in [0.15, 0.2) is 0 Å². The second-order valence-electron chi connectivity index (χ2n) is 7.12. The van der Waals surface area contributed by atoms with Crippen molar-refractivity contribution in [2.75, 3.05) is 25.5 Å². The molecule has 1 aliphatic heterocycles. The van der Waals surface area contributed by atoms with Crippen LogP contribution in [0.5, 0.6) is 0 Å². The molecule has 1 fully saturated rings. The van der Waals surface area contributed by atoms with Gasteiger partial charge < -0.3 is 25.4 Å². The summed E-state index contributed by atoms with van der Waals surface area (Å²) in [5.41, 5.74) is 1.59. The Kier molecular flexibility index (Phi) is 6.86. The normalized spacial score (nSPS) is 17.6. The van der Waals surface area contributed by atoms with Crippen LogP contribution in [0.2, 0.25) is 0 Å². The number of hydrogen-bond acceptors (Lipinski definition) is 5. The molecule has 2 aromatic rings. The Morgan fingerprint density at radius 2 is 1.84 bits per heavy atom. The van der Waals surface area contributed by atoms with Crippen LogP contribution in [0.4, 0.5) is 10.5 Å². The van der Waals surface area contributed by atoms with E-state index in [1.807, 2.05) is 30.3 Å². The minimum absolute atomic E-state index is 0.0823. The van der Waals surface area contributed by atoms with Crippen LogP contribution in [0.3, 0.4) is 0 Å². The van der Waals surface area contributed by atoms with Gasteiger partial charge in [-0.3, -0.25) is 4.79 Å². The summed E-state index contributed by atoms with van der Waals surface area (Å²) in [4.78, 5) is 49.3. The van der Waals surface area contributed by atoms with Crippen molar-refractivity contribution in [2.45, 2.75) is 18.4 Å². The zero-order valence-electron chi connectivity index (χ0n) is 16.9. The number of ether oxygens (including phenoxy) is 1. The van der Waals surface area contributed by atoms with Crippen molar-refractivity contribution in [2.24, 2.45) is 0 Å². The Labute approximate surface area is 179 Å². The van der Waals surface area contributed by atoms with Gasteiger partial charge in [-0.2, -0.15) is 0 Å². The van der Waals surface area contributed by atoms with Crippen molar-refractivity contribution in [3.63, 3.8) is 0 Å². The first-order chi connectivity index (χ1) is 14.9. The largest absolute Gasteiger partial charge is 0.480 e. The summed E-state index contributed by atoms with van der Waals surface area (Å²) in [6.07, 6.45) is 0.317. The van der Waals surface area contributed by atoms with Crippen LogP contribution in [0, 0.1) is 0 Å². The van der Waals surface area contributed by atoms with E-state index in [1.165, 1.54) is 18.1 Å². The number of anilines is 1. The summed E-state index contributed by atoms with van der Waals surface area (Å²) in [6.45, 7) is -0.0852. The number of nitrogens with one attached hydrogen (secondary N) is 2. The summed E-state index contributed by atoms with van der Waals surface area (Å²) >= 11 is 0. The van der Waals surface area contributed by atoms with Crippen LogP contribution in [-0.2, 0) is 14.3 Å². The Balaban J connectivity index is 1.58. The molecule has 0 aromatic heterocycles. The molecule has 0 bridgehead atoms. The Bertz CT molecular complexity index is 978. The van der Waals surface area contributed by atoms with E-state index < -0.39 is 29.9 Å². The number of carboxylic acid groups (broad SMARTS) is 1. The van der Waals surface area contributed by atoms with Gasteiger partial charge in [0.1, 0.15) is 6.04 Å². The fourth-order valence-corrected chi connectivity index (χ4v) is 3.59. The molecule has 3 rings (SSSR count). The standard InChI is InChI=1S/C22H23N3O6/c1-31-21(29)15-8-5-9-17(10-15)24-22(30)23-12-19(26)25-13-16(11-18(25)20(27)28)14-6-3-2-4-7-14/h2-10,16,18H,11-13H2,1H3,(H,27,28)(H2,23,24,30)/t16-,18+/m1/s1. The lowest BCUT2D eigenvalue weighted by molar-refractivity contribution is -0.147. The predicted molar refractivity (Wildman–Crippen MR) is 112 cm³/mol. The minimum Gasteiger partial charge on any atom is -0.480 e. The molecule has 0 radical (unpaired) electrons. The average molecular weight is 425 g/mol. The maximum Gasteiger partial charge on any atom is 0.337 e. The molecule has 31 heavy (non-hydrogen) atoms. The van der Waals surface area contributed by atoms with E-state index >= 15 is 0 Å². The highest BCUT2D eigenvalue weighted by molar-refractivity contribution is 5.95. The summed E-state index contributed by atoms with van der Waals surface area (Å²) in [7, 11) is 1.26. The fraction of sp³-hybridized carbons (Fsp3) is 0.273. The Morgan fingerprint density at radius 1 is 1.10 bits per heavy atom. The maximum atomic E-state index is 12.6. The molecule has 0 saturated carbocycles. The van der Waals surface area contributed by atoms with Gasteiger partial charge in [-0.25, -0.2) is 14.4 Å². The summed E-state index contributed by atoms with van der Waals surface area (Å²) in [5.74, 6) is -2.18. The number of benzene rings is 2. The van der Waals surface area contributed by atoms with Crippen LogP contribution in [0.25, 0.3) is 0 Å². The minimum atomic E-state index is -1.07. The third kappa shape index (κ3) is 5.39. The van der Waals surface area contributed by atoms with Gasteiger partial charge in [0.25, 0.3) is 0 Å². The number of carbonyl (C=O) groups excluding carboxylic acids is 3. The number of rotatable bonds is 6. The monoisotopic (exact) mass is 425 g/mol. The average Bonchev–Trinajstić information content (AvgIpc) is 3.24. The van der Waals surface area contributed by atoms with Crippen LogP contribution >= 0.6 is 0 Å². The molecule has 0 unspecified atom stereocenters. The van der Waals surface area contributed by atoms with E-state index in [-0.39, 0.29) is 24.6 Å². The van der Waals surface area contributed by atoms with Gasteiger partial charge in [0.2, 0.25) is 5.91 Å². The van der Waals surface area contributed by atoms with E-state index in [1.54, 1.807) is 18.2 Å². The zero-order chi connectivity index (χ0) is 22.4. The third-order valence-corrected chi connectivity index (χ3v) is 5.12. The molecule has 9 heteroatoms. The first kappa shape index (κ1) is 21.8. The molecule has 0 aliphatic carbocycles. The summed E-state index contributed by atoms with van der Waals surface area (Å²) in [6, 6.07) is 14.0. The highest BCUT2D eigenvalue weighted by atomic mass is 16.5. The number of urea groups is 1. The van der Waals surface area contributed by atoms with Gasteiger partial charge in [-0.15, -0.1) is 0 Å². The Morgan fingerprint density at radius 3 is 2.52 bits per heavy atom. The fourth-order valence-electron chi connectivity index (χ4n) is 3.59.